The number of carbonyl (C=O) groups excluding carboxylic acids is 1. The lowest BCUT2D eigenvalue weighted by atomic mass is 10.2. The van der Waals surface area contributed by atoms with Gasteiger partial charge in [-0.25, -0.2) is 9.18 Å². The second-order valence-corrected chi connectivity index (χ2v) is 4.73. The third kappa shape index (κ3) is 2.58. The number of carbonyl (C=O) groups is 1. The fourth-order valence-electron chi connectivity index (χ4n) is 2.28. The number of para-hydroxylation sites is 2. The van der Waals surface area contributed by atoms with E-state index in [0.717, 1.165) is 10.9 Å². The normalized spacial score (nSPS) is 10.6. The van der Waals surface area contributed by atoms with Crippen LogP contribution in [0.3, 0.4) is 0 Å². The van der Waals surface area contributed by atoms with E-state index in [4.69, 9.17) is 0 Å². The van der Waals surface area contributed by atoms with Crippen molar-refractivity contribution >= 4 is 28.3 Å². The van der Waals surface area contributed by atoms with Gasteiger partial charge in [0.05, 0.1) is 11.4 Å². The SMILES string of the molecule is Cn1cc(NC(=O)Nc2ccccc2F)c2ccccc21. The molecule has 1 aromatic heterocycles. The number of fused-ring (bicyclic) bond motifs is 1. The van der Waals surface area contributed by atoms with E-state index in [2.05, 4.69) is 10.6 Å². The highest BCUT2D eigenvalue weighted by atomic mass is 19.1. The highest BCUT2D eigenvalue weighted by Gasteiger charge is 2.10. The molecule has 3 rings (SSSR count). The van der Waals surface area contributed by atoms with Gasteiger partial charge in [0.15, 0.2) is 0 Å². The summed E-state index contributed by atoms with van der Waals surface area (Å²) in [6.45, 7) is 0. The Hall–Kier alpha value is -2.82. The molecular formula is C16H14FN3O. The van der Waals surface area contributed by atoms with Crippen LogP contribution in [0, 0.1) is 5.82 Å². The van der Waals surface area contributed by atoms with Crippen LogP contribution in [0.5, 0.6) is 0 Å². The number of hydrogen-bond acceptors (Lipinski definition) is 1. The van der Waals surface area contributed by atoms with Crippen LogP contribution in [0.15, 0.2) is 54.7 Å². The molecule has 0 atom stereocenters. The molecule has 0 aliphatic carbocycles. The molecule has 0 fully saturated rings. The summed E-state index contributed by atoms with van der Waals surface area (Å²) < 4.78 is 15.4. The van der Waals surface area contributed by atoms with Crippen LogP contribution in [0.25, 0.3) is 10.9 Å². The van der Waals surface area contributed by atoms with E-state index in [-0.39, 0.29) is 5.69 Å². The minimum Gasteiger partial charge on any atom is -0.348 e. The smallest absolute Gasteiger partial charge is 0.323 e. The summed E-state index contributed by atoms with van der Waals surface area (Å²) in [4.78, 5) is 12.0. The minimum atomic E-state index is -0.476. The molecule has 2 N–H and O–H groups in total. The monoisotopic (exact) mass is 283 g/mol. The van der Waals surface area contributed by atoms with Crippen molar-refractivity contribution in [3.05, 3.63) is 60.5 Å². The number of urea groups is 1. The highest BCUT2D eigenvalue weighted by Crippen LogP contribution is 2.25. The molecule has 0 bridgehead atoms. The van der Waals surface area contributed by atoms with Gasteiger partial charge in [-0.15, -0.1) is 0 Å². The number of benzene rings is 2. The van der Waals surface area contributed by atoms with Gasteiger partial charge in [0.1, 0.15) is 5.82 Å². The molecule has 2 amide bonds. The van der Waals surface area contributed by atoms with Crippen LogP contribution < -0.4 is 10.6 Å². The van der Waals surface area contributed by atoms with Crippen molar-refractivity contribution in [3.8, 4) is 0 Å². The van der Waals surface area contributed by atoms with Crippen molar-refractivity contribution in [2.24, 2.45) is 7.05 Å². The Kier molecular flexibility index (Phi) is 3.31. The van der Waals surface area contributed by atoms with E-state index >= 15 is 0 Å². The third-order valence-electron chi connectivity index (χ3n) is 3.27. The van der Waals surface area contributed by atoms with Crippen LogP contribution in [-0.4, -0.2) is 10.6 Å². The first-order valence-corrected chi connectivity index (χ1v) is 6.52. The van der Waals surface area contributed by atoms with Crippen LogP contribution in [-0.2, 0) is 7.05 Å². The van der Waals surface area contributed by atoms with Crippen molar-refractivity contribution in [2.75, 3.05) is 10.6 Å². The van der Waals surface area contributed by atoms with E-state index in [9.17, 15) is 9.18 Å². The van der Waals surface area contributed by atoms with Crippen molar-refractivity contribution in [3.63, 3.8) is 0 Å². The molecule has 3 aromatic rings. The lowest BCUT2D eigenvalue weighted by Crippen LogP contribution is -2.19. The van der Waals surface area contributed by atoms with Crippen molar-refractivity contribution in [1.29, 1.82) is 0 Å². The molecule has 1 heterocycles. The van der Waals surface area contributed by atoms with Crippen molar-refractivity contribution in [2.45, 2.75) is 0 Å². The lowest BCUT2D eigenvalue weighted by Gasteiger charge is -2.07. The summed E-state index contributed by atoms with van der Waals surface area (Å²) in [7, 11) is 1.91. The molecule has 5 heteroatoms. The topological polar surface area (TPSA) is 46.1 Å². The maximum atomic E-state index is 13.5. The number of amides is 2. The Morgan fingerprint density at radius 3 is 2.48 bits per heavy atom. The van der Waals surface area contributed by atoms with Crippen LogP contribution >= 0.6 is 0 Å². The molecule has 0 saturated carbocycles. The van der Waals surface area contributed by atoms with Gasteiger partial charge in [-0.2, -0.15) is 0 Å². The summed E-state index contributed by atoms with van der Waals surface area (Å²) >= 11 is 0. The highest BCUT2D eigenvalue weighted by molar-refractivity contribution is 6.06. The van der Waals surface area contributed by atoms with E-state index in [0.29, 0.717) is 5.69 Å². The van der Waals surface area contributed by atoms with Gasteiger partial charge < -0.3 is 15.2 Å². The first-order chi connectivity index (χ1) is 10.1. The number of nitrogens with one attached hydrogen (secondary N) is 2. The van der Waals surface area contributed by atoms with Gasteiger partial charge >= 0.3 is 6.03 Å². The Labute approximate surface area is 121 Å². The summed E-state index contributed by atoms with van der Waals surface area (Å²) in [5.41, 5.74) is 1.84. The summed E-state index contributed by atoms with van der Waals surface area (Å²) in [6.07, 6.45) is 1.82. The first kappa shape index (κ1) is 13.2. The molecule has 2 aromatic carbocycles. The van der Waals surface area contributed by atoms with Gasteiger partial charge in [0.2, 0.25) is 0 Å². The van der Waals surface area contributed by atoms with Crippen LogP contribution in [0.2, 0.25) is 0 Å². The molecule has 0 saturated heterocycles. The molecular weight excluding hydrogens is 269 g/mol. The molecule has 0 aliphatic rings. The average Bonchev–Trinajstić information content (AvgIpc) is 2.79. The minimum absolute atomic E-state index is 0.148. The number of hydrogen-bond donors (Lipinski definition) is 2. The Bertz CT molecular complexity index is 810. The second kappa shape index (κ2) is 5.28. The van der Waals surface area contributed by atoms with Gasteiger partial charge in [-0.3, -0.25) is 0 Å². The van der Waals surface area contributed by atoms with E-state index < -0.39 is 11.8 Å². The van der Waals surface area contributed by atoms with Gasteiger partial charge in [0, 0.05) is 24.1 Å². The number of aromatic nitrogens is 1. The molecule has 0 unspecified atom stereocenters. The zero-order valence-electron chi connectivity index (χ0n) is 11.4. The molecule has 0 radical (unpaired) electrons. The standard InChI is InChI=1S/C16H14FN3O/c1-20-10-14(11-6-2-5-9-15(11)20)19-16(21)18-13-8-4-3-7-12(13)17/h2-10H,1H3,(H2,18,19,21). The largest absolute Gasteiger partial charge is 0.348 e. The fourth-order valence-corrected chi connectivity index (χ4v) is 2.28. The quantitative estimate of drug-likeness (QED) is 0.734. The number of anilines is 2. The average molecular weight is 283 g/mol. The number of aryl methyl sites for hydroxylation is 1. The fraction of sp³-hybridized carbons (Fsp3) is 0.0625. The van der Waals surface area contributed by atoms with Crippen LogP contribution in [0.4, 0.5) is 20.6 Å². The Morgan fingerprint density at radius 2 is 1.67 bits per heavy atom. The molecule has 21 heavy (non-hydrogen) atoms. The lowest BCUT2D eigenvalue weighted by molar-refractivity contribution is 0.262. The van der Waals surface area contributed by atoms with Crippen LogP contribution in [0.1, 0.15) is 0 Å². The third-order valence-corrected chi connectivity index (χ3v) is 3.27. The summed E-state index contributed by atoms with van der Waals surface area (Å²) in [5, 5.41) is 6.18. The predicted octanol–water partition coefficient (Wildman–Crippen LogP) is 3.96. The molecule has 4 nitrogen and oxygen atoms in total. The maximum Gasteiger partial charge on any atom is 0.323 e. The molecule has 106 valence electrons. The van der Waals surface area contributed by atoms with E-state index in [1.165, 1.54) is 12.1 Å². The van der Waals surface area contributed by atoms with Gasteiger partial charge in [-0.05, 0) is 18.2 Å². The summed E-state index contributed by atoms with van der Waals surface area (Å²) in [5.74, 6) is -0.467. The first-order valence-electron chi connectivity index (χ1n) is 6.52. The van der Waals surface area contributed by atoms with Gasteiger partial charge in [-0.1, -0.05) is 30.3 Å². The zero-order valence-corrected chi connectivity index (χ0v) is 11.4. The summed E-state index contributed by atoms with van der Waals surface area (Å²) in [6, 6.07) is 13.3. The Morgan fingerprint density at radius 1 is 1.00 bits per heavy atom. The molecule has 0 spiro atoms. The second-order valence-electron chi connectivity index (χ2n) is 4.73. The van der Waals surface area contributed by atoms with E-state index in [1.807, 2.05) is 42.1 Å². The van der Waals surface area contributed by atoms with Crippen molar-refractivity contribution in [1.82, 2.24) is 4.57 Å². The zero-order chi connectivity index (χ0) is 14.8. The number of nitrogens with zero attached hydrogens (tertiary/aromatic N) is 1. The maximum absolute atomic E-state index is 13.5. The predicted molar refractivity (Wildman–Crippen MR) is 82.0 cm³/mol. The van der Waals surface area contributed by atoms with Gasteiger partial charge in [0.25, 0.3) is 0 Å². The van der Waals surface area contributed by atoms with Crippen molar-refractivity contribution < 1.29 is 9.18 Å². The number of halogens is 1. The Balaban J connectivity index is 1.82. The van der Waals surface area contributed by atoms with E-state index in [1.54, 1.807) is 12.1 Å². The molecule has 0 aliphatic heterocycles. The number of rotatable bonds is 2.